The van der Waals surface area contributed by atoms with E-state index in [9.17, 15) is 0 Å². The summed E-state index contributed by atoms with van der Waals surface area (Å²) in [6.45, 7) is 4.58. The Hall–Kier alpha value is -0.300. The topological polar surface area (TPSA) is 0 Å². The first-order valence-electron chi connectivity index (χ1n) is 5.43. The molecule has 1 heteroatoms. The molecule has 0 aliphatic heterocycles. The standard InChI is InChI=1S/C12H18S/c1-3-6-10-9(2)13-12-8-5-4-7-11(10)12/h3-8H2,1-2H3. The molecule has 0 fully saturated rings. The third kappa shape index (κ3) is 1.67. The highest BCUT2D eigenvalue weighted by molar-refractivity contribution is 7.12. The van der Waals surface area contributed by atoms with E-state index in [2.05, 4.69) is 25.2 Å². The molecule has 0 radical (unpaired) electrons. The van der Waals surface area contributed by atoms with Crippen LogP contribution in [0.5, 0.6) is 0 Å². The fourth-order valence-corrected chi connectivity index (χ4v) is 3.66. The van der Waals surface area contributed by atoms with Crippen molar-refractivity contribution in [3.63, 3.8) is 0 Å². The van der Waals surface area contributed by atoms with Crippen molar-refractivity contribution in [3.05, 3.63) is 20.9 Å². The van der Waals surface area contributed by atoms with Gasteiger partial charge in [0.15, 0.2) is 0 Å². The van der Waals surface area contributed by atoms with Gasteiger partial charge in [-0.1, -0.05) is 13.3 Å². The van der Waals surface area contributed by atoms with Crippen LogP contribution in [-0.2, 0) is 19.3 Å². The number of rotatable bonds is 2. The molecule has 0 bridgehead atoms. The zero-order valence-electron chi connectivity index (χ0n) is 8.65. The monoisotopic (exact) mass is 194 g/mol. The maximum atomic E-state index is 2.30. The highest BCUT2D eigenvalue weighted by Gasteiger charge is 2.17. The summed E-state index contributed by atoms with van der Waals surface area (Å²) in [4.78, 5) is 3.29. The maximum Gasteiger partial charge on any atom is 0.00829 e. The molecule has 0 spiro atoms. The molecule has 1 aromatic rings. The Bertz CT molecular complexity index is 296. The Morgan fingerprint density at radius 1 is 1.23 bits per heavy atom. The molecule has 0 unspecified atom stereocenters. The van der Waals surface area contributed by atoms with Gasteiger partial charge in [0.05, 0.1) is 0 Å². The lowest BCUT2D eigenvalue weighted by molar-refractivity contribution is 0.688. The zero-order valence-corrected chi connectivity index (χ0v) is 9.47. The minimum Gasteiger partial charge on any atom is -0.145 e. The molecule has 0 saturated heterocycles. The summed E-state index contributed by atoms with van der Waals surface area (Å²) in [6.07, 6.45) is 8.14. The van der Waals surface area contributed by atoms with Crippen LogP contribution in [0, 0.1) is 6.92 Å². The highest BCUT2D eigenvalue weighted by Crippen LogP contribution is 2.34. The van der Waals surface area contributed by atoms with Crippen LogP contribution < -0.4 is 0 Å². The van der Waals surface area contributed by atoms with Gasteiger partial charge >= 0.3 is 0 Å². The van der Waals surface area contributed by atoms with Gasteiger partial charge in [-0.05, 0) is 50.2 Å². The van der Waals surface area contributed by atoms with Gasteiger partial charge in [0.2, 0.25) is 0 Å². The SMILES string of the molecule is CCCc1c(C)sc2c1CCCC2. The molecule has 0 saturated carbocycles. The van der Waals surface area contributed by atoms with E-state index in [0.717, 1.165) is 0 Å². The molecule has 13 heavy (non-hydrogen) atoms. The van der Waals surface area contributed by atoms with Gasteiger partial charge in [-0.15, -0.1) is 11.3 Å². The van der Waals surface area contributed by atoms with Gasteiger partial charge < -0.3 is 0 Å². The van der Waals surface area contributed by atoms with Crippen LogP contribution in [0.15, 0.2) is 0 Å². The lowest BCUT2D eigenvalue weighted by Crippen LogP contribution is -2.01. The van der Waals surface area contributed by atoms with Gasteiger partial charge in [-0.3, -0.25) is 0 Å². The maximum absolute atomic E-state index is 2.30. The molecule has 72 valence electrons. The smallest absolute Gasteiger partial charge is 0.00829 e. The van der Waals surface area contributed by atoms with Crippen LogP contribution in [-0.4, -0.2) is 0 Å². The van der Waals surface area contributed by atoms with E-state index in [1.54, 1.807) is 20.9 Å². The average Bonchev–Trinajstić information content (AvgIpc) is 2.44. The van der Waals surface area contributed by atoms with Gasteiger partial charge in [-0.25, -0.2) is 0 Å². The van der Waals surface area contributed by atoms with Crippen molar-refractivity contribution in [1.82, 2.24) is 0 Å². The summed E-state index contributed by atoms with van der Waals surface area (Å²) in [5.74, 6) is 0. The summed E-state index contributed by atoms with van der Waals surface area (Å²) >= 11 is 2.06. The summed E-state index contributed by atoms with van der Waals surface area (Å²) < 4.78 is 0. The molecule has 1 aliphatic rings. The van der Waals surface area contributed by atoms with Crippen molar-refractivity contribution in [2.24, 2.45) is 0 Å². The Morgan fingerprint density at radius 3 is 2.77 bits per heavy atom. The first-order chi connectivity index (χ1) is 6.33. The Balaban J connectivity index is 2.36. The van der Waals surface area contributed by atoms with Crippen molar-refractivity contribution in [2.45, 2.75) is 52.4 Å². The van der Waals surface area contributed by atoms with Crippen LogP contribution in [0.4, 0.5) is 0 Å². The minimum atomic E-state index is 1.30. The number of thiophene rings is 1. The van der Waals surface area contributed by atoms with Gasteiger partial charge in [0.25, 0.3) is 0 Å². The third-order valence-electron chi connectivity index (χ3n) is 2.98. The van der Waals surface area contributed by atoms with Crippen molar-refractivity contribution in [2.75, 3.05) is 0 Å². The van der Waals surface area contributed by atoms with Crippen molar-refractivity contribution in [3.8, 4) is 0 Å². The predicted octanol–water partition coefficient (Wildman–Crippen LogP) is 3.89. The predicted molar refractivity (Wildman–Crippen MR) is 59.7 cm³/mol. The number of aryl methyl sites for hydroxylation is 2. The summed E-state index contributed by atoms with van der Waals surface area (Å²) in [6, 6.07) is 0. The molecule has 0 nitrogen and oxygen atoms in total. The normalized spacial score (nSPS) is 15.8. The molecule has 1 aromatic heterocycles. The summed E-state index contributed by atoms with van der Waals surface area (Å²) in [5, 5.41) is 0. The van der Waals surface area contributed by atoms with E-state index in [1.165, 1.54) is 38.5 Å². The van der Waals surface area contributed by atoms with E-state index in [-0.39, 0.29) is 0 Å². The fourth-order valence-electron chi connectivity index (χ4n) is 2.35. The van der Waals surface area contributed by atoms with E-state index in [4.69, 9.17) is 0 Å². The average molecular weight is 194 g/mol. The lowest BCUT2D eigenvalue weighted by atomic mass is 9.93. The van der Waals surface area contributed by atoms with Gasteiger partial charge in [0.1, 0.15) is 0 Å². The zero-order chi connectivity index (χ0) is 9.26. The molecule has 0 atom stereocenters. The molecule has 1 heterocycles. The lowest BCUT2D eigenvalue weighted by Gasteiger charge is -2.12. The molecule has 0 N–H and O–H groups in total. The van der Waals surface area contributed by atoms with Crippen LogP contribution in [0.2, 0.25) is 0 Å². The fraction of sp³-hybridized carbons (Fsp3) is 0.667. The Kier molecular flexibility index (Phi) is 2.73. The molecule has 1 aliphatic carbocycles. The number of hydrogen-bond donors (Lipinski definition) is 0. The van der Waals surface area contributed by atoms with Gasteiger partial charge in [0, 0.05) is 9.75 Å². The Labute approximate surface area is 85.0 Å². The highest BCUT2D eigenvalue weighted by atomic mass is 32.1. The number of hydrogen-bond acceptors (Lipinski definition) is 1. The van der Waals surface area contributed by atoms with Crippen molar-refractivity contribution >= 4 is 11.3 Å². The second kappa shape index (κ2) is 3.83. The van der Waals surface area contributed by atoms with E-state index < -0.39 is 0 Å². The first kappa shape index (κ1) is 9.26. The van der Waals surface area contributed by atoms with Crippen LogP contribution >= 0.6 is 11.3 Å². The third-order valence-corrected chi connectivity index (χ3v) is 4.23. The van der Waals surface area contributed by atoms with Crippen LogP contribution in [0.1, 0.15) is 47.1 Å². The summed E-state index contributed by atoms with van der Waals surface area (Å²) in [5.41, 5.74) is 3.43. The Morgan fingerprint density at radius 2 is 2.00 bits per heavy atom. The molecule has 0 aromatic carbocycles. The number of fused-ring (bicyclic) bond motifs is 1. The van der Waals surface area contributed by atoms with Crippen LogP contribution in [0.25, 0.3) is 0 Å². The largest absolute Gasteiger partial charge is 0.145 e. The van der Waals surface area contributed by atoms with Crippen LogP contribution in [0.3, 0.4) is 0 Å². The molecular weight excluding hydrogens is 176 g/mol. The summed E-state index contributed by atoms with van der Waals surface area (Å²) in [7, 11) is 0. The second-order valence-electron chi connectivity index (χ2n) is 4.00. The van der Waals surface area contributed by atoms with E-state index in [0.29, 0.717) is 0 Å². The minimum absolute atomic E-state index is 1.30. The molecule has 2 rings (SSSR count). The van der Waals surface area contributed by atoms with E-state index >= 15 is 0 Å². The molecular formula is C12H18S. The first-order valence-corrected chi connectivity index (χ1v) is 6.24. The molecule has 0 amide bonds. The van der Waals surface area contributed by atoms with Gasteiger partial charge in [-0.2, -0.15) is 0 Å². The second-order valence-corrected chi connectivity index (χ2v) is 5.30. The van der Waals surface area contributed by atoms with Crippen molar-refractivity contribution < 1.29 is 0 Å². The van der Waals surface area contributed by atoms with Crippen molar-refractivity contribution in [1.29, 1.82) is 0 Å². The van der Waals surface area contributed by atoms with E-state index in [1.807, 2.05) is 0 Å². The quantitative estimate of drug-likeness (QED) is 0.670.